The molecule has 0 unspecified atom stereocenters. The van der Waals surface area contributed by atoms with E-state index in [4.69, 9.17) is 5.73 Å². The number of nitrogens with two attached hydrogens (primary N) is 1. The summed E-state index contributed by atoms with van der Waals surface area (Å²) in [6.45, 7) is 7.87. The van der Waals surface area contributed by atoms with Crippen LogP contribution in [0.25, 0.3) is 0 Å². The summed E-state index contributed by atoms with van der Waals surface area (Å²) in [5, 5.41) is 0. The van der Waals surface area contributed by atoms with Crippen molar-refractivity contribution in [2.75, 3.05) is 19.6 Å². The van der Waals surface area contributed by atoms with E-state index in [1.54, 1.807) is 0 Å². The molecule has 0 spiro atoms. The number of nitrogens with zero attached hydrogens (tertiary/aromatic N) is 1. The van der Waals surface area contributed by atoms with Crippen LogP contribution in [-0.4, -0.2) is 30.6 Å². The first-order chi connectivity index (χ1) is 5.24. The maximum Gasteiger partial charge on any atom is 0.0218 e. The molecular weight excluding hydrogens is 136 g/mol. The molecule has 1 heterocycles. The molecule has 0 radical (unpaired) electrons. The second-order valence-corrected chi connectivity index (χ2v) is 3.92. The van der Waals surface area contributed by atoms with Crippen LogP contribution in [0.1, 0.15) is 26.7 Å². The van der Waals surface area contributed by atoms with Crippen LogP contribution >= 0.6 is 0 Å². The minimum absolute atomic E-state index is 0.678. The van der Waals surface area contributed by atoms with Gasteiger partial charge in [-0.25, -0.2) is 0 Å². The average molecular weight is 156 g/mol. The van der Waals surface area contributed by atoms with Gasteiger partial charge in [-0.2, -0.15) is 0 Å². The highest BCUT2D eigenvalue weighted by Gasteiger charge is 2.22. The molecule has 0 amide bonds. The SMILES string of the molecule is CC(C)CN1CCC[C@@H]1CN. The lowest BCUT2D eigenvalue weighted by Crippen LogP contribution is -2.37. The Hall–Kier alpha value is -0.0800. The van der Waals surface area contributed by atoms with E-state index in [1.165, 1.54) is 25.9 Å². The minimum atomic E-state index is 0.678. The van der Waals surface area contributed by atoms with Gasteiger partial charge in [0.2, 0.25) is 0 Å². The molecule has 1 aliphatic heterocycles. The molecule has 2 nitrogen and oxygen atoms in total. The van der Waals surface area contributed by atoms with Crippen LogP contribution in [0.3, 0.4) is 0 Å². The van der Waals surface area contributed by atoms with Crippen molar-refractivity contribution in [2.24, 2.45) is 11.7 Å². The summed E-state index contributed by atoms with van der Waals surface area (Å²) in [4.78, 5) is 2.53. The first-order valence-electron chi connectivity index (χ1n) is 4.68. The van der Waals surface area contributed by atoms with Crippen molar-refractivity contribution < 1.29 is 0 Å². The third kappa shape index (κ3) is 2.46. The lowest BCUT2D eigenvalue weighted by atomic mass is 10.2. The predicted molar refractivity (Wildman–Crippen MR) is 48.5 cm³/mol. The van der Waals surface area contributed by atoms with Crippen LogP contribution in [0.4, 0.5) is 0 Å². The minimum Gasteiger partial charge on any atom is -0.329 e. The Morgan fingerprint density at radius 3 is 2.82 bits per heavy atom. The molecule has 0 aromatic carbocycles. The Balaban J connectivity index is 2.31. The highest BCUT2D eigenvalue weighted by Crippen LogP contribution is 2.17. The second-order valence-electron chi connectivity index (χ2n) is 3.92. The quantitative estimate of drug-likeness (QED) is 0.662. The van der Waals surface area contributed by atoms with Crippen LogP contribution in [0.5, 0.6) is 0 Å². The molecule has 66 valence electrons. The number of hydrogen-bond acceptors (Lipinski definition) is 2. The van der Waals surface area contributed by atoms with Gasteiger partial charge in [0.05, 0.1) is 0 Å². The predicted octanol–water partition coefficient (Wildman–Crippen LogP) is 1.07. The molecule has 2 N–H and O–H groups in total. The Kier molecular flexibility index (Phi) is 3.34. The highest BCUT2D eigenvalue weighted by molar-refractivity contribution is 4.79. The molecule has 0 saturated carbocycles. The molecular formula is C9H20N2. The summed E-state index contributed by atoms with van der Waals surface area (Å²) in [6, 6.07) is 0.678. The van der Waals surface area contributed by atoms with Crippen molar-refractivity contribution in [2.45, 2.75) is 32.7 Å². The number of likely N-dealkylation sites (tertiary alicyclic amines) is 1. The van der Waals surface area contributed by atoms with Crippen molar-refractivity contribution >= 4 is 0 Å². The smallest absolute Gasteiger partial charge is 0.0218 e. The van der Waals surface area contributed by atoms with Crippen molar-refractivity contribution in [3.63, 3.8) is 0 Å². The van der Waals surface area contributed by atoms with Gasteiger partial charge in [-0.1, -0.05) is 13.8 Å². The molecule has 1 aliphatic rings. The normalized spacial score (nSPS) is 26.7. The van der Waals surface area contributed by atoms with Gasteiger partial charge in [0.15, 0.2) is 0 Å². The monoisotopic (exact) mass is 156 g/mol. The first kappa shape index (κ1) is 9.01. The van der Waals surface area contributed by atoms with Gasteiger partial charge in [0.1, 0.15) is 0 Å². The zero-order valence-electron chi connectivity index (χ0n) is 7.71. The number of hydrogen-bond donors (Lipinski definition) is 1. The lowest BCUT2D eigenvalue weighted by Gasteiger charge is -2.24. The standard InChI is InChI=1S/C9H20N2/c1-8(2)7-11-5-3-4-9(11)6-10/h8-9H,3-7,10H2,1-2H3/t9-/m1/s1. The van der Waals surface area contributed by atoms with E-state index in [0.29, 0.717) is 6.04 Å². The largest absolute Gasteiger partial charge is 0.329 e. The summed E-state index contributed by atoms with van der Waals surface area (Å²) in [6.07, 6.45) is 2.65. The van der Waals surface area contributed by atoms with Crippen LogP contribution in [-0.2, 0) is 0 Å². The first-order valence-corrected chi connectivity index (χ1v) is 4.68. The molecule has 11 heavy (non-hydrogen) atoms. The number of rotatable bonds is 3. The average Bonchev–Trinajstić information content (AvgIpc) is 2.34. The van der Waals surface area contributed by atoms with E-state index in [0.717, 1.165) is 12.5 Å². The fraction of sp³-hybridized carbons (Fsp3) is 1.00. The fourth-order valence-electron chi connectivity index (χ4n) is 1.87. The molecule has 1 fully saturated rings. The molecule has 1 rings (SSSR count). The third-order valence-electron chi connectivity index (χ3n) is 2.37. The third-order valence-corrected chi connectivity index (χ3v) is 2.37. The van der Waals surface area contributed by atoms with Gasteiger partial charge >= 0.3 is 0 Å². The maximum atomic E-state index is 5.66. The van der Waals surface area contributed by atoms with Crippen LogP contribution < -0.4 is 5.73 Å². The van der Waals surface area contributed by atoms with Crippen LogP contribution in [0, 0.1) is 5.92 Å². The Bertz CT molecular complexity index is 112. The van der Waals surface area contributed by atoms with Gasteiger partial charge in [-0.05, 0) is 25.3 Å². The topological polar surface area (TPSA) is 29.3 Å². The van der Waals surface area contributed by atoms with E-state index < -0.39 is 0 Å². The van der Waals surface area contributed by atoms with E-state index in [-0.39, 0.29) is 0 Å². The van der Waals surface area contributed by atoms with Crippen molar-refractivity contribution in [1.29, 1.82) is 0 Å². The molecule has 1 atom stereocenters. The zero-order chi connectivity index (χ0) is 8.27. The Morgan fingerprint density at radius 1 is 1.55 bits per heavy atom. The van der Waals surface area contributed by atoms with E-state index in [1.807, 2.05) is 0 Å². The molecule has 2 heteroatoms. The lowest BCUT2D eigenvalue weighted by molar-refractivity contribution is 0.231. The van der Waals surface area contributed by atoms with Crippen LogP contribution in [0.2, 0.25) is 0 Å². The molecule has 0 aliphatic carbocycles. The molecule has 0 aromatic heterocycles. The molecule has 1 saturated heterocycles. The van der Waals surface area contributed by atoms with E-state index in [9.17, 15) is 0 Å². The molecule has 0 aromatic rings. The summed E-state index contributed by atoms with van der Waals surface area (Å²) in [5.74, 6) is 0.780. The maximum absolute atomic E-state index is 5.66. The van der Waals surface area contributed by atoms with Crippen molar-refractivity contribution in [3.8, 4) is 0 Å². The van der Waals surface area contributed by atoms with E-state index in [2.05, 4.69) is 18.7 Å². The van der Waals surface area contributed by atoms with Gasteiger partial charge in [-0.3, -0.25) is 4.90 Å². The Morgan fingerprint density at radius 2 is 2.27 bits per heavy atom. The Labute approximate surface area is 69.8 Å². The van der Waals surface area contributed by atoms with E-state index >= 15 is 0 Å². The highest BCUT2D eigenvalue weighted by atomic mass is 15.2. The van der Waals surface area contributed by atoms with Gasteiger partial charge in [-0.15, -0.1) is 0 Å². The summed E-state index contributed by atoms with van der Waals surface area (Å²) in [7, 11) is 0. The van der Waals surface area contributed by atoms with Gasteiger partial charge in [0.25, 0.3) is 0 Å². The zero-order valence-corrected chi connectivity index (χ0v) is 7.71. The van der Waals surface area contributed by atoms with Crippen molar-refractivity contribution in [3.05, 3.63) is 0 Å². The van der Waals surface area contributed by atoms with Crippen molar-refractivity contribution in [1.82, 2.24) is 4.90 Å². The van der Waals surface area contributed by atoms with Gasteiger partial charge in [0, 0.05) is 19.1 Å². The summed E-state index contributed by atoms with van der Waals surface area (Å²) in [5.41, 5.74) is 5.66. The van der Waals surface area contributed by atoms with Crippen LogP contribution in [0.15, 0.2) is 0 Å². The summed E-state index contributed by atoms with van der Waals surface area (Å²) >= 11 is 0. The molecule has 0 bridgehead atoms. The summed E-state index contributed by atoms with van der Waals surface area (Å²) < 4.78 is 0. The fourth-order valence-corrected chi connectivity index (χ4v) is 1.87. The second kappa shape index (κ2) is 4.07. The van der Waals surface area contributed by atoms with Gasteiger partial charge < -0.3 is 5.73 Å².